The number of anilines is 1. The van der Waals surface area contributed by atoms with Gasteiger partial charge in [-0.05, 0) is 55.3 Å². The second kappa shape index (κ2) is 7.40. The Morgan fingerprint density at radius 2 is 2.08 bits per heavy atom. The molecule has 2 atom stereocenters. The summed E-state index contributed by atoms with van der Waals surface area (Å²) in [4.78, 5) is 13.6. The number of methoxy groups -OCH3 is 1. The van der Waals surface area contributed by atoms with E-state index in [9.17, 15) is 4.79 Å². The third-order valence-electron chi connectivity index (χ3n) is 4.77. The van der Waals surface area contributed by atoms with Gasteiger partial charge in [0.25, 0.3) is 0 Å². The molecule has 1 heterocycles. The summed E-state index contributed by atoms with van der Waals surface area (Å²) in [5, 5.41) is 7.91. The van der Waals surface area contributed by atoms with Crippen molar-refractivity contribution in [2.24, 2.45) is 11.3 Å². The van der Waals surface area contributed by atoms with E-state index < -0.39 is 0 Å². The van der Waals surface area contributed by atoms with Crippen molar-refractivity contribution in [2.45, 2.75) is 59.9 Å². The third kappa shape index (κ3) is 4.28. The van der Waals surface area contributed by atoms with Crippen LogP contribution in [0.25, 0.3) is 0 Å². The van der Waals surface area contributed by atoms with E-state index in [1.54, 1.807) is 11.3 Å². The SMILES string of the molecule is COC(=O)c1c(NC(=S)NC(C)C(C)(C)C)sc2c1CCC(C)C2. The van der Waals surface area contributed by atoms with E-state index in [1.807, 2.05) is 0 Å². The van der Waals surface area contributed by atoms with Crippen molar-refractivity contribution in [2.75, 3.05) is 12.4 Å². The molecular formula is C18H28N2O2S2. The molecule has 0 spiro atoms. The first-order valence-corrected chi connectivity index (χ1v) is 9.66. The van der Waals surface area contributed by atoms with Crippen LogP contribution in [-0.2, 0) is 17.6 Å². The van der Waals surface area contributed by atoms with Crippen molar-refractivity contribution in [3.63, 3.8) is 0 Å². The van der Waals surface area contributed by atoms with Crippen molar-refractivity contribution in [3.8, 4) is 0 Å². The molecule has 134 valence electrons. The predicted molar refractivity (Wildman–Crippen MR) is 105 cm³/mol. The first-order chi connectivity index (χ1) is 11.1. The summed E-state index contributed by atoms with van der Waals surface area (Å²) in [5.41, 5.74) is 1.90. The first kappa shape index (κ1) is 19.2. The fourth-order valence-electron chi connectivity index (χ4n) is 2.71. The summed E-state index contributed by atoms with van der Waals surface area (Å²) in [6, 6.07) is 0.216. The summed E-state index contributed by atoms with van der Waals surface area (Å²) < 4.78 is 5.01. The topological polar surface area (TPSA) is 50.4 Å². The number of thiophene rings is 1. The fraction of sp³-hybridized carbons (Fsp3) is 0.667. The van der Waals surface area contributed by atoms with Gasteiger partial charge in [-0.1, -0.05) is 27.7 Å². The molecule has 0 amide bonds. The molecule has 1 aromatic heterocycles. The molecule has 1 aromatic rings. The first-order valence-electron chi connectivity index (χ1n) is 8.43. The smallest absolute Gasteiger partial charge is 0.341 e. The lowest BCUT2D eigenvalue weighted by Gasteiger charge is -2.29. The summed E-state index contributed by atoms with van der Waals surface area (Å²) in [6.07, 6.45) is 3.05. The molecular weight excluding hydrogens is 340 g/mol. The summed E-state index contributed by atoms with van der Waals surface area (Å²) in [6.45, 7) is 10.9. The number of fused-ring (bicyclic) bond motifs is 1. The van der Waals surface area contributed by atoms with Crippen molar-refractivity contribution in [3.05, 3.63) is 16.0 Å². The summed E-state index contributed by atoms with van der Waals surface area (Å²) >= 11 is 7.09. The van der Waals surface area contributed by atoms with Gasteiger partial charge in [0.05, 0.1) is 12.7 Å². The van der Waals surface area contributed by atoms with Gasteiger partial charge in [0.15, 0.2) is 5.11 Å². The maximum absolute atomic E-state index is 12.3. The number of nitrogens with one attached hydrogen (secondary N) is 2. The van der Waals surface area contributed by atoms with E-state index in [-0.39, 0.29) is 17.4 Å². The van der Waals surface area contributed by atoms with Gasteiger partial charge >= 0.3 is 5.97 Å². The Labute approximate surface area is 154 Å². The van der Waals surface area contributed by atoms with Crippen LogP contribution in [0.4, 0.5) is 5.00 Å². The van der Waals surface area contributed by atoms with Crippen LogP contribution in [0.3, 0.4) is 0 Å². The van der Waals surface area contributed by atoms with Crippen molar-refractivity contribution < 1.29 is 9.53 Å². The average molecular weight is 369 g/mol. The quantitative estimate of drug-likeness (QED) is 0.612. The highest BCUT2D eigenvalue weighted by Crippen LogP contribution is 2.40. The number of rotatable bonds is 3. The molecule has 0 fully saturated rings. The lowest BCUT2D eigenvalue weighted by Crippen LogP contribution is -2.43. The zero-order valence-corrected chi connectivity index (χ0v) is 17.0. The lowest BCUT2D eigenvalue weighted by molar-refractivity contribution is 0.0601. The van der Waals surface area contributed by atoms with Crippen LogP contribution in [0.5, 0.6) is 0 Å². The Kier molecular flexibility index (Phi) is 5.91. The van der Waals surface area contributed by atoms with E-state index in [0.29, 0.717) is 16.6 Å². The van der Waals surface area contributed by atoms with Gasteiger partial charge in [-0.3, -0.25) is 0 Å². The van der Waals surface area contributed by atoms with Crippen LogP contribution in [0.1, 0.15) is 61.8 Å². The highest BCUT2D eigenvalue weighted by atomic mass is 32.1. The molecule has 2 rings (SSSR count). The van der Waals surface area contributed by atoms with Gasteiger partial charge in [0.1, 0.15) is 5.00 Å². The van der Waals surface area contributed by atoms with E-state index in [2.05, 4.69) is 45.3 Å². The Balaban J connectivity index is 2.23. The number of ether oxygens (including phenoxy) is 1. The van der Waals surface area contributed by atoms with Gasteiger partial charge in [0, 0.05) is 10.9 Å². The molecule has 24 heavy (non-hydrogen) atoms. The van der Waals surface area contributed by atoms with Crippen LogP contribution < -0.4 is 10.6 Å². The molecule has 0 aliphatic heterocycles. The molecule has 0 radical (unpaired) electrons. The van der Waals surface area contributed by atoms with E-state index in [0.717, 1.165) is 29.8 Å². The largest absolute Gasteiger partial charge is 0.465 e. The van der Waals surface area contributed by atoms with Crippen LogP contribution in [0.15, 0.2) is 0 Å². The second-order valence-electron chi connectivity index (χ2n) is 7.73. The fourth-order valence-corrected chi connectivity index (χ4v) is 4.46. The normalized spacial score (nSPS) is 18.5. The average Bonchev–Trinajstić information content (AvgIpc) is 2.81. The molecule has 1 aliphatic carbocycles. The van der Waals surface area contributed by atoms with Crippen LogP contribution >= 0.6 is 23.6 Å². The molecule has 0 saturated heterocycles. The number of hydrogen-bond donors (Lipinski definition) is 2. The zero-order chi connectivity index (χ0) is 18.1. The maximum Gasteiger partial charge on any atom is 0.341 e. The highest BCUT2D eigenvalue weighted by Gasteiger charge is 2.29. The summed E-state index contributed by atoms with van der Waals surface area (Å²) in [7, 11) is 1.43. The maximum atomic E-state index is 12.3. The zero-order valence-electron chi connectivity index (χ0n) is 15.4. The minimum absolute atomic E-state index is 0.0983. The van der Waals surface area contributed by atoms with E-state index in [4.69, 9.17) is 17.0 Å². The van der Waals surface area contributed by atoms with Crippen LogP contribution in [0.2, 0.25) is 0 Å². The Morgan fingerprint density at radius 3 is 2.67 bits per heavy atom. The van der Waals surface area contributed by atoms with E-state index >= 15 is 0 Å². The summed E-state index contributed by atoms with van der Waals surface area (Å²) in [5.74, 6) is 0.372. The van der Waals surface area contributed by atoms with Crippen LogP contribution in [0, 0.1) is 11.3 Å². The molecule has 6 heteroatoms. The monoisotopic (exact) mass is 368 g/mol. The number of hydrogen-bond acceptors (Lipinski definition) is 4. The number of carbonyl (C=O) groups is 1. The number of esters is 1. The molecule has 0 aromatic carbocycles. The van der Waals surface area contributed by atoms with Gasteiger partial charge in [0.2, 0.25) is 0 Å². The van der Waals surface area contributed by atoms with Crippen molar-refractivity contribution >= 4 is 39.6 Å². The molecule has 0 bridgehead atoms. The molecule has 2 unspecified atom stereocenters. The van der Waals surface area contributed by atoms with Crippen LogP contribution in [-0.4, -0.2) is 24.2 Å². The molecule has 0 saturated carbocycles. The second-order valence-corrected chi connectivity index (χ2v) is 9.25. The van der Waals surface area contributed by atoms with Gasteiger partial charge < -0.3 is 15.4 Å². The Morgan fingerprint density at radius 1 is 1.42 bits per heavy atom. The predicted octanol–water partition coefficient (Wildman–Crippen LogP) is 4.38. The van der Waals surface area contributed by atoms with Gasteiger partial charge in [-0.2, -0.15) is 0 Å². The standard InChI is InChI=1S/C18H28N2O2S2/c1-10-7-8-12-13(9-10)24-15(14(12)16(21)22-6)20-17(23)19-11(2)18(3,4)5/h10-11H,7-9H2,1-6H3,(H2,19,20,23). The van der Waals surface area contributed by atoms with E-state index in [1.165, 1.54) is 12.0 Å². The molecule has 1 aliphatic rings. The molecule has 2 N–H and O–H groups in total. The Bertz CT molecular complexity index is 632. The van der Waals surface area contributed by atoms with Gasteiger partial charge in [-0.15, -0.1) is 11.3 Å². The lowest BCUT2D eigenvalue weighted by atomic mass is 9.88. The number of carbonyl (C=O) groups excluding carboxylic acids is 1. The third-order valence-corrected chi connectivity index (χ3v) is 6.16. The minimum Gasteiger partial charge on any atom is -0.465 e. The van der Waals surface area contributed by atoms with Crippen molar-refractivity contribution in [1.82, 2.24) is 5.32 Å². The Hall–Kier alpha value is -1.14. The van der Waals surface area contributed by atoms with Gasteiger partial charge in [-0.25, -0.2) is 4.79 Å². The molecule has 4 nitrogen and oxygen atoms in total. The van der Waals surface area contributed by atoms with Crippen molar-refractivity contribution in [1.29, 1.82) is 0 Å². The number of thiocarbonyl (C=S) groups is 1. The highest BCUT2D eigenvalue weighted by molar-refractivity contribution is 7.80. The minimum atomic E-state index is -0.281.